The Morgan fingerprint density at radius 1 is 1.35 bits per heavy atom. The van der Waals surface area contributed by atoms with Gasteiger partial charge in [-0.15, -0.1) is 0 Å². The van der Waals surface area contributed by atoms with Gasteiger partial charge in [0.15, 0.2) is 0 Å². The van der Waals surface area contributed by atoms with Crippen molar-refractivity contribution in [2.24, 2.45) is 0 Å². The smallest absolute Gasteiger partial charge is 0.122 e. The zero-order valence-electron chi connectivity index (χ0n) is 10.4. The van der Waals surface area contributed by atoms with Crippen molar-refractivity contribution in [2.45, 2.75) is 32.8 Å². The van der Waals surface area contributed by atoms with Gasteiger partial charge in [-0.3, -0.25) is 0 Å². The van der Waals surface area contributed by atoms with Crippen LogP contribution in [0.4, 0.5) is 0 Å². The molecule has 0 fully saturated rings. The van der Waals surface area contributed by atoms with Crippen LogP contribution < -0.4 is 4.74 Å². The van der Waals surface area contributed by atoms with Crippen molar-refractivity contribution in [2.75, 3.05) is 13.2 Å². The van der Waals surface area contributed by atoms with Crippen LogP contribution in [0.15, 0.2) is 12.1 Å². The van der Waals surface area contributed by atoms with E-state index in [-0.39, 0.29) is 13.2 Å². The van der Waals surface area contributed by atoms with Gasteiger partial charge in [0.1, 0.15) is 18.5 Å². The summed E-state index contributed by atoms with van der Waals surface area (Å²) in [6, 6.07) is 3.75. The number of aryl methyl sites for hydroxylation is 1. The fourth-order valence-electron chi connectivity index (χ4n) is 1.51. The fraction of sp³-hybridized carbons (Fsp3) is 0.538. The first-order valence-electron chi connectivity index (χ1n) is 5.67. The minimum atomic E-state index is -0.854. The zero-order valence-corrected chi connectivity index (χ0v) is 11.2. The number of halogens is 1. The molecular formula is C13H19ClO3. The summed E-state index contributed by atoms with van der Waals surface area (Å²) >= 11 is 6.14. The number of aliphatic hydroxyl groups excluding tert-OH is 2. The maximum atomic E-state index is 9.24. The number of aliphatic hydroxyl groups is 2. The first-order valence-corrected chi connectivity index (χ1v) is 6.05. The highest BCUT2D eigenvalue weighted by atomic mass is 35.5. The van der Waals surface area contributed by atoms with E-state index >= 15 is 0 Å². The Labute approximate surface area is 107 Å². The molecule has 0 radical (unpaired) electrons. The molecule has 0 saturated heterocycles. The molecule has 2 N–H and O–H groups in total. The summed E-state index contributed by atoms with van der Waals surface area (Å²) in [5.41, 5.74) is 1.94. The highest BCUT2D eigenvalue weighted by molar-refractivity contribution is 6.31. The second kappa shape index (κ2) is 6.24. The molecular weight excluding hydrogens is 240 g/mol. The normalized spacial score (nSPS) is 12.9. The Balaban J connectivity index is 2.88. The summed E-state index contributed by atoms with van der Waals surface area (Å²) in [4.78, 5) is 0. The number of ether oxygens (including phenoxy) is 1. The van der Waals surface area contributed by atoms with E-state index in [1.54, 1.807) is 0 Å². The molecule has 0 spiro atoms. The molecule has 0 aliphatic heterocycles. The van der Waals surface area contributed by atoms with Crippen molar-refractivity contribution < 1.29 is 14.9 Å². The molecule has 1 aromatic carbocycles. The Kier molecular flexibility index (Phi) is 5.25. The van der Waals surface area contributed by atoms with Crippen molar-refractivity contribution in [1.82, 2.24) is 0 Å². The van der Waals surface area contributed by atoms with Crippen molar-refractivity contribution in [1.29, 1.82) is 0 Å². The molecule has 96 valence electrons. The topological polar surface area (TPSA) is 49.7 Å². The largest absolute Gasteiger partial charge is 0.491 e. The Morgan fingerprint density at radius 3 is 2.53 bits per heavy atom. The third-order valence-electron chi connectivity index (χ3n) is 2.56. The maximum Gasteiger partial charge on any atom is 0.122 e. The van der Waals surface area contributed by atoms with Crippen LogP contribution in [-0.4, -0.2) is 29.5 Å². The van der Waals surface area contributed by atoms with E-state index in [9.17, 15) is 5.11 Å². The SMILES string of the molecule is Cc1cc(Cl)c(C(C)C)cc1OCC(O)CO. The molecule has 1 atom stereocenters. The predicted molar refractivity (Wildman–Crippen MR) is 68.9 cm³/mol. The van der Waals surface area contributed by atoms with Crippen molar-refractivity contribution in [3.05, 3.63) is 28.3 Å². The van der Waals surface area contributed by atoms with Crippen LogP contribution in [0.1, 0.15) is 30.9 Å². The lowest BCUT2D eigenvalue weighted by Crippen LogP contribution is -2.21. The van der Waals surface area contributed by atoms with E-state index in [0.29, 0.717) is 11.7 Å². The average Bonchev–Trinajstić information content (AvgIpc) is 2.26. The number of benzene rings is 1. The van der Waals surface area contributed by atoms with Gasteiger partial charge in [-0.2, -0.15) is 0 Å². The monoisotopic (exact) mass is 258 g/mol. The van der Waals surface area contributed by atoms with Gasteiger partial charge in [-0.05, 0) is 36.1 Å². The molecule has 4 heteroatoms. The van der Waals surface area contributed by atoms with E-state index in [4.69, 9.17) is 21.4 Å². The van der Waals surface area contributed by atoms with Gasteiger partial charge < -0.3 is 14.9 Å². The molecule has 1 unspecified atom stereocenters. The van der Waals surface area contributed by atoms with Crippen LogP contribution in [0, 0.1) is 6.92 Å². The van der Waals surface area contributed by atoms with Crippen LogP contribution in [0.5, 0.6) is 5.75 Å². The summed E-state index contributed by atoms with van der Waals surface area (Å²) in [5, 5.41) is 18.7. The summed E-state index contributed by atoms with van der Waals surface area (Å²) < 4.78 is 5.47. The molecule has 17 heavy (non-hydrogen) atoms. The maximum absolute atomic E-state index is 9.24. The van der Waals surface area contributed by atoms with Crippen molar-refractivity contribution in [3.63, 3.8) is 0 Å². The van der Waals surface area contributed by atoms with Gasteiger partial charge in [-0.1, -0.05) is 25.4 Å². The first-order chi connectivity index (χ1) is 7.95. The molecule has 0 aromatic heterocycles. The lowest BCUT2D eigenvalue weighted by Gasteiger charge is -2.16. The van der Waals surface area contributed by atoms with Crippen LogP contribution >= 0.6 is 11.6 Å². The van der Waals surface area contributed by atoms with E-state index in [0.717, 1.165) is 16.1 Å². The lowest BCUT2D eigenvalue weighted by molar-refractivity contribution is 0.0533. The van der Waals surface area contributed by atoms with Gasteiger partial charge in [0.05, 0.1) is 6.61 Å². The van der Waals surface area contributed by atoms with Crippen molar-refractivity contribution in [3.8, 4) is 5.75 Å². The number of hydrogen-bond donors (Lipinski definition) is 2. The molecule has 0 amide bonds. The van der Waals surface area contributed by atoms with E-state index in [2.05, 4.69) is 13.8 Å². The lowest BCUT2D eigenvalue weighted by atomic mass is 10.0. The van der Waals surface area contributed by atoms with Gasteiger partial charge in [0, 0.05) is 5.02 Å². The second-order valence-electron chi connectivity index (χ2n) is 4.44. The van der Waals surface area contributed by atoms with Crippen LogP contribution in [0.2, 0.25) is 5.02 Å². The van der Waals surface area contributed by atoms with E-state index in [1.807, 2.05) is 19.1 Å². The molecule has 0 aliphatic carbocycles. The average molecular weight is 259 g/mol. The van der Waals surface area contributed by atoms with Crippen LogP contribution in [0.25, 0.3) is 0 Å². The molecule has 3 nitrogen and oxygen atoms in total. The third-order valence-corrected chi connectivity index (χ3v) is 2.89. The van der Waals surface area contributed by atoms with Crippen molar-refractivity contribution >= 4 is 11.6 Å². The minimum absolute atomic E-state index is 0.0799. The van der Waals surface area contributed by atoms with E-state index in [1.165, 1.54) is 0 Å². The Bertz CT molecular complexity index is 377. The number of hydrogen-bond acceptors (Lipinski definition) is 3. The van der Waals surface area contributed by atoms with Gasteiger partial charge >= 0.3 is 0 Å². The molecule has 0 heterocycles. The quantitative estimate of drug-likeness (QED) is 0.853. The third kappa shape index (κ3) is 3.87. The predicted octanol–water partition coefficient (Wildman–Crippen LogP) is 2.50. The fourth-order valence-corrected chi connectivity index (χ4v) is 1.94. The highest BCUT2D eigenvalue weighted by Gasteiger charge is 2.11. The summed E-state index contributed by atoms with van der Waals surface area (Å²) in [6.07, 6.45) is -0.854. The van der Waals surface area contributed by atoms with Crippen LogP contribution in [0.3, 0.4) is 0 Å². The molecule has 0 saturated carbocycles. The van der Waals surface area contributed by atoms with Gasteiger partial charge in [0.2, 0.25) is 0 Å². The minimum Gasteiger partial charge on any atom is -0.491 e. The standard InChI is InChI=1S/C13H19ClO3/c1-8(2)11-5-13(9(3)4-12(11)14)17-7-10(16)6-15/h4-5,8,10,15-16H,6-7H2,1-3H3. The Morgan fingerprint density at radius 2 is 2.00 bits per heavy atom. The molecule has 1 rings (SSSR count). The Hall–Kier alpha value is -0.770. The second-order valence-corrected chi connectivity index (χ2v) is 4.85. The zero-order chi connectivity index (χ0) is 13.0. The summed E-state index contributed by atoms with van der Waals surface area (Å²) in [6.45, 7) is 5.79. The molecule has 0 aliphatic rings. The van der Waals surface area contributed by atoms with Gasteiger partial charge in [0.25, 0.3) is 0 Å². The molecule has 0 bridgehead atoms. The van der Waals surface area contributed by atoms with E-state index < -0.39 is 6.10 Å². The molecule has 1 aromatic rings. The van der Waals surface area contributed by atoms with Gasteiger partial charge in [-0.25, -0.2) is 0 Å². The highest BCUT2D eigenvalue weighted by Crippen LogP contribution is 2.31. The first kappa shape index (κ1) is 14.3. The van der Waals surface area contributed by atoms with Crippen LogP contribution in [-0.2, 0) is 0 Å². The summed E-state index contributed by atoms with van der Waals surface area (Å²) in [5.74, 6) is 1.01. The summed E-state index contributed by atoms with van der Waals surface area (Å²) in [7, 11) is 0. The number of rotatable bonds is 5.